The molecule has 8 heteroatoms. The van der Waals surface area contributed by atoms with Gasteiger partial charge in [0.2, 0.25) is 0 Å². The topological polar surface area (TPSA) is 92.2 Å². The Kier molecular flexibility index (Phi) is 7.59. The molecule has 0 radical (unpaired) electrons. The zero-order valence-corrected chi connectivity index (χ0v) is 19.6. The Labute approximate surface area is 199 Å². The van der Waals surface area contributed by atoms with Crippen LogP contribution in [0.5, 0.6) is 5.75 Å². The van der Waals surface area contributed by atoms with E-state index in [0.29, 0.717) is 50.1 Å². The first-order chi connectivity index (χ1) is 16.5. The van der Waals surface area contributed by atoms with Gasteiger partial charge in [0.05, 0.1) is 31.4 Å². The number of carbonyl (C=O) groups excluding carboxylic acids is 2. The summed E-state index contributed by atoms with van der Waals surface area (Å²) in [5.41, 5.74) is 1.28. The van der Waals surface area contributed by atoms with Crippen LogP contribution >= 0.6 is 0 Å². The number of ketones is 1. The third-order valence-electron chi connectivity index (χ3n) is 6.03. The second-order valence-corrected chi connectivity index (χ2v) is 8.96. The van der Waals surface area contributed by atoms with Crippen LogP contribution in [-0.4, -0.2) is 77.6 Å². The van der Waals surface area contributed by atoms with Crippen LogP contribution in [0.25, 0.3) is 5.76 Å². The van der Waals surface area contributed by atoms with Crippen LogP contribution in [0.1, 0.15) is 31.0 Å². The summed E-state index contributed by atoms with van der Waals surface area (Å²) in [4.78, 5) is 34.0. The standard InChI is InChI=1S/C26H31N3O5/c1-18(2)17-34-21-5-3-20(4-6-21)24(30)22-23(19-7-9-27-10-8-19)29(26(32)25(22)31)12-11-28-13-15-33-16-14-28/h3-10,18,23,30H,11-17H2,1-2H3. The van der Waals surface area contributed by atoms with Gasteiger partial charge in [0, 0.05) is 44.1 Å². The maximum Gasteiger partial charge on any atom is 0.295 e. The van der Waals surface area contributed by atoms with E-state index in [0.717, 1.165) is 18.7 Å². The summed E-state index contributed by atoms with van der Waals surface area (Å²) < 4.78 is 11.1. The van der Waals surface area contributed by atoms with Crippen molar-refractivity contribution in [2.24, 2.45) is 5.92 Å². The molecule has 2 aromatic rings. The van der Waals surface area contributed by atoms with Gasteiger partial charge in [-0.1, -0.05) is 13.8 Å². The monoisotopic (exact) mass is 465 g/mol. The molecule has 1 atom stereocenters. The number of rotatable bonds is 8. The van der Waals surface area contributed by atoms with Crippen molar-refractivity contribution in [2.45, 2.75) is 19.9 Å². The van der Waals surface area contributed by atoms with Crippen LogP contribution in [0.4, 0.5) is 0 Å². The first-order valence-corrected chi connectivity index (χ1v) is 11.7. The lowest BCUT2D eigenvalue weighted by Crippen LogP contribution is -2.42. The number of benzene rings is 1. The highest BCUT2D eigenvalue weighted by Gasteiger charge is 2.46. The normalized spacial score (nSPS) is 20.8. The highest BCUT2D eigenvalue weighted by atomic mass is 16.5. The van der Waals surface area contributed by atoms with Crippen molar-refractivity contribution < 1.29 is 24.2 Å². The highest BCUT2D eigenvalue weighted by molar-refractivity contribution is 6.46. The number of hydrogen-bond acceptors (Lipinski definition) is 7. The first kappa shape index (κ1) is 23.9. The number of nitrogens with zero attached hydrogens (tertiary/aromatic N) is 3. The molecule has 2 aliphatic rings. The minimum atomic E-state index is -0.680. The molecule has 2 aliphatic heterocycles. The van der Waals surface area contributed by atoms with Crippen LogP contribution in [0.15, 0.2) is 54.4 Å². The Morgan fingerprint density at radius 2 is 1.76 bits per heavy atom. The van der Waals surface area contributed by atoms with Crippen molar-refractivity contribution >= 4 is 17.4 Å². The van der Waals surface area contributed by atoms with Gasteiger partial charge >= 0.3 is 0 Å². The average Bonchev–Trinajstić information content (AvgIpc) is 3.12. The Balaban J connectivity index is 1.64. The Morgan fingerprint density at radius 1 is 1.09 bits per heavy atom. The third kappa shape index (κ3) is 5.29. The number of hydrogen-bond donors (Lipinski definition) is 1. The largest absolute Gasteiger partial charge is 0.507 e. The van der Waals surface area contributed by atoms with Crippen molar-refractivity contribution in [1.29, 1.82) is 0 Å². The highest BCUT2D eigenvalue weighted by Crippen LogP contribution is 2.39. The number of amides is 1. The van der Waals surface area contributed by atoms with E-state index in [-0.39, 0.29) is 11.3 Å². The van der Waals surface area contributed by atoms with Gasteiger partial charge in [-0.3, -0.25) is 19.5 Å². The number of likely N-dealkylation sites (tertiary alicyclic amines) is 1. The molecular weight excluding hydrogens is 434 g/mol. The van der Waals surface area contributed by atoms with Crippen molar-refractivity contribution in [1.82, 2.24) is 14.8 Å². The van der Waals surface area contributed by atoms with Gasteiger partial charge in [-0.05, 0) is 47.9 Å². The number of aliphatic hydroxyl groups excluding tert-OH is 1. The van der Waals surface area contributed by atoms with E-state index in [1.807, 2.05) is 0 Å². The van der Waals surface area contributed by atoms with Crippen LogP contribution in [-0.2, 0) is 14.3 Å². The van der Waals surface area contributed by atoms with Gasteiger partial charge in [-0.25, -0.2) is 0 Å². The van der Waals surface area contributed by atoms with Gasteiger partial charge in [0.15, 0.2) is 0 Å². The van der Waals surface area contributed by atoms with E-state index >= 15 is 0 Å². The Hall–Kier alpha value is -3.23. The van der Waals surface area contributed by atoms with E-state index in [2.05, 4.69) is 23.7 Å². The number of morpholine rings is 1. The molecule has 1 aromatic heterocycles. The lowest BCUT2D eigenvalue weighted by molar-refractivity contribution is -0.140. The van der Waals surface area contributed by atoms with Gasteiger partial charge in [-0.15, -0.1) is 0 Å². The summed E-state index contributed by atoms with van der Waals surface area (Å²) in [6.07, 6.45) is 3.25. The molecular formula is C26H31N3O5. The minimum absolute atomic E-state index is 0.0917. The van der Waals surface area contributed by atoms with Crippen molar-refractivity contribution in [3.63, 3.8) is 0 Å². The maximum absolute atomic E-state index is 13.1. The molecule has 0 aliphatic carbocycles. The van der Waals surface area contributed by atoms with Crippen LogP contribution in [0.2, 0.25) is 0 Å². The summed E-state index contributed by atoms with van der Waals surface area (Å²) >= 11 is 0. The summed E-state index contributed by atoms with van der Waals surface area (Å²) in [7, 11) is 0. The number of Topliss-reactive ketones (excluding diaryl/α,β-unsaturated/α-hetero) is 1. The number of pyridine rings is 1. The first-order valence-electron chi connectivity index (χ1n) is 11.7. The molecule has 3 heterocycles. The Bertz CT molecular complexity index is 1030. The minimum Gasteiger partial charge on any atom is -0.507 e. The van der Waals surface area contributed by atoms with Gasteiger partial charge in [-0.2, -0.15) is 0 Å². The lowest BCUT2D eigenvalue weighted by atomic mass is 9.96. The van der Waals surface area contributed by atoms with Gasteiger partial charge in [0.1, 0.15) is 11.5 Å². The molecule has 2 fully saturated rings. The zero-order chi connectivity index (χ0) is 24.1. The summed E-state index contributed by atoms with van der Waals surface area (Å²) in [6.45, 7) is 8.60. The second-order valence-electron chi connectivity index (χ2n) is 8.96. The molecule has 0 spiro atoms. The van der Waals surface area contributed by atoms with Crippen molar-refractivity contribution in [3.05, 3.63) is 65.5 Å². The number of ether oxygens (including phenoxy) is 2. The van der Waals surface area contributed by atoms with Crippen molar-refractivity contribution in [2.75, 3.05) is 46.0 Å². The van der Waals surface area contributed by atoms with E-state index in [4.69, 9.17) is 9.47 Å². The second kappa shape index (κ2) is 10.8. The fraction of sp³-hybridized carbons (Fsp3) is 0.423. The molecule has 2 saturated heterocycles. The molecule has 0 bridgehead atoms. The molecule has 34 heavy (non-hydrogen) atoms. The lowest BCUT2D eigenvalue weighted by Gasteiger charge is -2.31. The predicted molar refractivity (Wildman–Crippen MR) is 127 cm³/mol. The molecule has 1 unspecified atom stereocenters. The number of aliphatic hydroxyl groups is 1. The van der Waals surface area contributed by atoms with Crippen LogP contribution in [0.3, 0.4) is 0 Å². The zero-order valence-electron chi connectivity index (χ0n) is 19.6. The molecule has 1 amide bonds. The van der Waals surface area contributed by atoms with E-state index in [9.17, 15) is 14.7 Å². The predicted octanol–water partition coefficient (Wildman–Crippen LogP) is 2.87. The van der Waals surface area contributed by atoms with Gasteiger partial charge in [0.25, 0.3) is 11.7 Å². The fourth-order valence-corrected chi connectivity index (χ4v) is 4.20. The number of carbonyl (C=O) groups is 2. The van der Waals surface area contributed by atoms with Crippen molar-refractivity contribution in [3.8, 4) is 5.75 Å². The summed E-state index contributed by atoms with van der Waals surface area (Å²) in [6, 6.07) is 9.79. The quantitative estimate of drug-likeness (QED) is 0.364. The fourth-order valence-electron chi connectivity index (χ4n) is 4.20. The number of aromatic nitrogens is 1. The summed E-state index contributed by atoms with van der Waals surface area (Å²) in [5, 5.41) is 11.2. The average molecular weight is 466 g/mol. The van der Waals surface area contributed by atoms with E-state index in [1.165, 1.54) is 0 Å². The molecule has 8 nitrogen and oxygen atoms in total. The molecule has 0 saturated carbocycles. The Morgan fingerprint density at radius 3 is 2.41 bits per heavy atom. The maximum atomic E-state index is 13.1. The van der Waals surface area contributed by atoms with E-state index in [1.54, 1.807) is 53.7 Å². The molecule has 1 N–H and O–H groups in total. The third-order valence-corrected chi connectivity index (χ3v) is 6.03. The van der Waals surface area contributed by atoms with Crippen LogP contribution in [0, 0.1) is 5.92 Å². The SMILES string of the molecule is CC(C)COc1ccc(C(O)=C2C(=O)C(=O)N(CCN3CCOCC3)C2c2ccncc2)cc1. The smallest absolute Gasteiger partial charge is 0.295 e. The molecule has 1 aromatic carbocycles. The molecule has 4 rings (SSSR count). The summed E-state index contributed by atoms with van der Waals surface area (Å²) in [5.74, 6) is -0.400. The molecule has 180 valence electrons. The van der Waals surface area contributed by atoms with Gasteiger partial charge < -0.3 is 19.5 Å². The van der Waals surface area contributed by atoms with E-state index < -0.39 is 17.7 Å². The van der Waals surface area contributed by atoms with Crippen LogP contribution < -0.4 is 4.74 Å².